The van der Waals surface area contributed by atoms with Crippen LogP contribution in [-0.4, -0.2) is 0 Å². The van der Waals surface area contributed by atoms with Crippen molar-refractivity contribution in [2.45, 2.75) is 25.7 Å². The van der Waals surface area contributed by atoms with Gasteiger partial charge in [-0.25, -0.2) is 0 Å². The molecule has 21 heavy (non-hydrogen) atoms. The number of fused-ring (bicyclic) bond motifs is 1. The maximum absolute atomic E-state index is 3.72. The van der Waals surface area contributed by atoms with E-state index in [-0.39, 0.29) is 0 Å². The van der Waals surface area contributed by atoms with Crippen molar-refractivity contribution in [1.29, 1.82) is 0 Å². The fourth-order valence-electron chi connectivity index (χ4n) is 1.90. The van der Waals surface area contributed by atoms with Gasteiger partial charge in [0.1, 0.15) is 0 Å². The predicted molar refractivity (Wildman–Crippen MR) is 94.4 cm³/mol. The van der Waals surface area contributed by atoms with E-state index in [0.29, 0.717) is 0 Å². The summed E-state index contributed by atoms with van der Waals surface area (Å²) in [5.41, 5.74) is 1.07. The molecular weight excluding hydrogens is 272 g/mol. The molecule has 2 aromatic rings. The van der Waals surface area contributed by atoms with E-state index < -0.39 is 0 Å². The molecule has 0 saturated carbocycles. The SMILES string of the molecule is C=CCCC#Cc1sc2ccccc2c1C#CCCC=C. The highest BCUT2D eigenvalue weighted by Crippen LogP contribution is 2.30. The molecule has 0 unspecified atom stereocenters. The highest BCUT2D eigenvalue weighted by molar-refractivity contribution is 7.19. The van der Waals surface area contributed by atoms with Gasteiger partial charge in [-0.2, -0.15) is 0 Å². The molecule has 1 heteroatoms. The van der Waals surface area contributed by atoms with E-state index in [4.69, 9.17) is 0 Å². The fourth-order valence-corrected chi connectivity index (χ4v) is 2.93. The first-order valence-corrected chi connectivity index (χ1v) is 7.89. The van der Waals surface area contributed by atoms with Crippen molar-refractivity contribution in [1.82, 2.24) is 0 Å². The van der Waals surface area contributed by atoms with Crippen molar-refractivity contribution < 1.29 is 0 Å². The van der Waals surface area contributed by atoms with E-state index in [1.54, 1.807) is 11.3 Å². The Morgan fingerprint density at radius 3 is 2.33 bits per heavy atom. The van der Waals surface area contributed by atoms with Crippen LogP contribution < -0.4 is 0 Å². The van der Waals surface area contributed by atoms with Crippen molar-refractivity contribution in [3.63, 3.8) is 0 Å². The van der Waals surface area contributed by atoms with Gasteiger partial charge >= 0.3 is 0 Å². The summed E-state index contributed by atoms with van der Waals surface area (Å²) in [6.07, 6.45) is 7.34. The lowest BCUT2D eigenvalue weighted by atomic mass is 10.1. The Balaban J connectivity index is 2.36. The first kappa shape index (κ1) is 15.2. The monoisotopic (exact) mass is 290 g/mol. The average Bonchev–Trinajstić information content (AvgIpc) is 2.86. The molecular formula is C20H18S. The summed E-state index contributed by atoms with van der Waals surface area (Å²) >= 11 is 1.72. The van der Waals surface area contributed by atoms with Crippen LogP contribution >= 0.6 is 11.3 Å². The zero-order valence-electron chi connectivity index (χ0n) is 12.1. The Hall–Kier alpha value is -2.22. The van der Waals surface area contributed by atoms with Crippen LogP contribution in [0.1, 0.15) is 36.1 Å². The molecule has 2 rings (SSSR count). The van der Waals surface area contributed by atoms with E-state index >= 15 is 0 Å². The van der Waals surface area contributed by atoms with Gasteiger partial charge in [0, 0.05) is 22.9 Å². The van der Waals surface area contributed by atoms with Crippen molar-refractivity contribution in [3.05, 3.63) is 60.0 Å². The van der Waals surface area contributed by atoms with Crippen LogP contribution in [0.2, 0.25) is 0 Å². The zero-order valence-corrected chi connectivity index (χ0v) is 12.9. The van der Waals surface area contributed by atoms with Gasteiger partial charge in [-0.15, -0.1) is 24.5 Å². The second-order valence-corrected chi connectivity index (χ2v) is 5.61. The Kier molecular flexibility index (Phi) is 5.89. The Labute approximate surface area is 131 Å². The molecule has 0 radical (unpaired) electrons. The van der Waals surface area contributed by atoms with Gasteiger partial charge in [-0.3, -0.25) is 0 Å². The summed E-state index contributed by atoms with van der Waals surface area (Å²) in [4.78, 5) is 1.08. The smallest absolute Gasteiger partial charge is 0.0937 e. The number of rotatable bonds is 4. The van der Waals surface area contributed by atoms with Crippen molar-refractivity contribution in [2.24, 2.45) is 0 Å². The third kappa shape index (κ3) is 4.12. The van der Waals surface area contributed by atoms with Gasteiger partial charge in [0.25, 0.3) is 0 Å². The summed E-state index contributed by atoms with van der Waals surface area (Å²) in [5.74, 6) is 13.0. The summed E-state index contributed by atoms with van der Waals surface area (Å²) in [7, 11) is 0. The third-order valence-corrected chi connectivity index (χ3v) is 4.04. The molecule has 0 amide bonds. The molecule has 1 aromatic heterocycles. The van der Waals surface area contributed by atoms with Gasteiger partial charge in [-0.1, -0.05) is 54.0 Å². The largest absolute Gasteiger partial charge is 0.125 e. The molecule has 0 bridgehead atoms. The first-order chi connectivity index (χ1) is 10.4. The Morgan fingerprint density at radius 1 is 0.952 bits per heavy atom. The standard InChI is InChI=1S/C20H18S/c1-3-5-7-9-13-17-18-14-11-12-16-20(18)21-19(17)15-10-8-6-4-2/h3-4,11-12,14,16H,1-2,5-8H2. The number of benzene rings is 1. The topological polar surface area (TPSA) is 0 Å². The number of allylic oxidation sites excluding steroid dienone is 2. The summed E-state index contributed by atoms with van der Waals surface area (Å²) in [6, 6.07) is 8.36. The van der Waals surface area contributed by atoms with Crippen molar-refractivity contribution >= 4 is 21.4 Å². The highest BCUT2D eigenvalue weighted by atomic mass is 32.1. The molecule has 0 fully saturated rings. The minimum Gasteiger partial charge on any atom is -0.125 e. The van der Waals surface area contributed by atoms with Gasteiger partial charge in [-0.05, 0) is 18.9 Å². The van der Waals surface area contributed by atoms with Crippen molar-refractivity contribution in [3.8, 4) is 23.7 Å². The zero-order chi connectivity index (χ0) is 14.9. The van der Waals surface area contributed by atoms with Gasteiger partial charge in [0.05, 0.1) is 10.4 Å². The highest BCUT2D eigenvalue weighted by Gasteiger charge is 2.07. The molecule has 0 aliphatic rings. The molecule has 104 valence electrons. The average molecular weight is 290 g/mol. The minimum atomic E-state index is 0.844. The minimum absolute atomic E-state index is 0.844. The van der Waals surface area contributed by atoms with E-state index in [1.807, 2.05) is 12.2 Å². The molecule has 0 nitrogen and oxygen atoms in total. The van der Waals surface area contributed by atoms with Crippen LogP contribution in [0, 0.1) is 23.7 Å². The second kappa shape index (κ2) is 8.15. The summed E-state index contributed by atoms with van der Waals surface area (Å²) < 4.78 is 1.25. The van der Waals surface area contributed by atoms with Gasteiger partial charge < -0.3 is 0 Å². The number of thiophene rings is 1. The number of hydrogen-bond acceptors (Lipinski definition) is 1. The maximum atomic E-state index is 3.72. The Bertz CT molecular complexity index is 754. The van der Waals surface area contributed by atoms with Crippen LogP contribution in [0.25, 0.3) is 10.1 Å². The normalized spacial score (nSPS) is 9.33. The van der Waals surface area contributed by atoms with Gasteiger partial charge in [0.15, 0.2) is 0 Å². The predicted octanol–water partition coefficient (Wildman–Crippen LogP) is 5.54. The Morgan fingerprint density at radius 2 is 1.62 bits per heavy atom. The molecule has 0 aliphatic carbocycles. The fraction of sp³-hybridized carbons (Fsp3) is 0.200. The molecule has 0 spiro atoms. The summed E-state index contributed by atoms with van der Waals surface area (Å²) in [6.45, 7) is 7.44. The lowest BCUT2D eigenvalue weighted by molar-refractivity contribution is 1.09. The van der Waals surface area contributed by atoms with Crippen LogP contribution in [0.3, 0.4) is 0 Å². The van der Waals surface area contributed by atoms with E-state index in [1.165, 1.54) is 10.1 Å². The molecule has 0 N–H and O–H groups in total. The molecule has 0 atom stereocenters. The van der Waals surface area contributed by atoms with Crippen molar-refractivity contribution in [2.75, 3.05) is 0 Å². The van der Waals surface area contributed by atoms with E-state index in [2.05, 4.69) is 61.1 Å². The quantitative estimate of drug-likeness (QED) is 0.394. The second-order valence-electron chi connectivity index (χ2n) is 4.56. The number of unbranched alkanes of at least 4 members (excludes halogenated alkanes) is 2. The van der Waals surface area contributed by atoms with Gasteiger partial charge in [0.2, 0.25) is 0 Å². The summed E-state index contributed by atoms with van der Waals surface area (Å²) in [5, 5.41) is 1.21. The molecule has 0 saturated heterocycles. The third-order valence-electron chi connectivity index (χ3n) is 2.96. The molecule has 0 aliphatic heterocycles. The maximum Gasteiger partial charge on any atom is 0.0937 e. The van der Waals surface area contributed by atoms with Crippen LogP contribution in [0.4, 0.5) is 0 Å². The van der Waals surface area contributed by atoms with Crippen LogP contribution in [0.5, 0.6) is 0 Å². The van der Waals surface area contributed by atoms with Crippen LogP contribution in [-0.2, 0) is 0 Å². The lowest BCUT2D eigenvalue weighted by Crippen LogP contribution is -1.77. The first-order valence-electron chi connectivity index (χ1n) is 7.08. The molecule has 1 aromatic carbocycles. The molecule has 1 heterocycles. The van der Waals surface area contributed by atoms with E-state index in [9.17, 15) is 0 Å². The number of hydrogen-bond donors (Lipinski definition) is 0. The van der Waals surface area contributed by atoms with E-state index in [0.717, 1.165) is 36.1 Å². The van der Waals surface area contributed by atoms with Crippen LogP contribution in [0.15, 0.2) is 49.6 Å². The lowest BCUT2D eigenvalue weighted by Gasteiger charge is -1.90.